The van der Waals surface area contributed by atoms with E-state index in [1.807, 2.05) is 54.6 Å². The predicted octanol–water partition coefficient (Wildman–Crippen LogP) is -2.35. The molecule has 28 heavy (non-hydrogen) atoms. The monoisotopic (exact) mass is 388 g/mol. The van der Waals surface area contributed by atoms with Gasteiger partial charge in [-0.25, -0.2) is 0 Å². The van der Waals surface area contributed by atoms with Crippen LogP contribution in [0, 0.1) is 5.92 Å². The number of benzene rings is 2. The van der Waals surface area contributed by atoms with Crippen LogP contribution < -0.4 is 40.0 Å². The minimum absolute atomic E-state index is 0. The Morgan fingerprint density at radius 2 is 1.54 bits per heavy atom. The van der Waals surface area contributed by atoms with Gasteiger partial charge in [0.25, 0.3) is 0 Å². The maximum atomic E-state index is 12.3. The third-order valence-corrected chi connectivity index (χ3v) is 4.72. The molecule has 0 bridgehead atoms. The first-order chi connectivity index (χ1) is 13.0. The first-order valence-corrected chi connectivity index (χ1v) is 8.89. The molecule has 1 unspecified atom stereocenters. The molecule has 0 radical (unpaired) electrons. The summed E-state index contributed by atoms with van der Waals surface area (Å²) in [5.41, 5.74) is 3.04. The number of hydrogen-bond donors (Lipinski definition) is 1. The van der Waals surface area contributed by atoms with E-state index in [0.717, 1.165) is 16.7 Å². The van der Waals surface area contributed by atoms with Gasteiger partial charge in [-0.2, -0.15) is 0 Å². The molecule has 0 aromatic heterocycles. The zero-order valence-corrected chi connectivity index (χ0v) is 17.9. The smallest absolute Gasteiger partial charge is 0.550 e. The van der Waals surface area contributed by atoms with Gasteiger partial charge in [0.15, 0.2) is 0 Å². The van der Waals surface area contributed by atoms with E-state index in [1.165, 1.54) is 0 Å². The van der Waals surface area contributed by atoms with E-state index in [1.54, 1.807) is 4.90 Å². The van der Waals surface area contributed by atoms with Crippen molar-refractivity contribution >= 4 is 17.8 Å². The Labute approximate surface area is 186 Å². The van der Waals surface area contributed by atoms with E-state index in [-0.39, 0.29) is 54.9 Å². The minimum Gasteiger partial charge on any atom is -0.550 e. The first-order valence-electron chi connectivity index (χ1n) is 8.89. The molecule has 1 aliphatic rings. The van der Waals surface area contributed by atoms with Gasteiger partial charge in [-0.15, -0.1) is 0 Å². The molecule has 0 aliphatic carbocycles. The van der Waals surface area contributed by atoms with Crippen LogP contribution in [-0.4, -0.2) is 29.2 Å². The van der Waals surface area contributed by atoms with Crippen molar-refractivity contribution in [2.45, 2.75) is 25.9 Å². The van der Waals surface area contributed by atoms with Crippen molar-refractivity contribution in [2.24, 2.45) is 5.92 Å². The van der Waals surface area contributed by atoms with Crippen LogP contribution in [0.1, 0.15) is 23.1 Å². The molecule has 0 spiro atoms. The molecular formula is C21H21N2NaO4. The van der Waals surface area contributed by atoms with Gasteiger partial charge in [0.1, 0.15) is 0 Å². The van der Waals surface area contributed by atoms with E-state index in [9.17, 15) is 19.5 Å². The average Bonchev–Trinajstić information content (AvgIpc) is 3.10. The van der Waals surface area contributed by atoms with Crippen LogP contribution in [0.2, 0.25) is 0 Å². The molecule has 0 saturated carbocycles. The van der Waals surface area contributed by atoms with Crippen molar-refractivity contribution in [2.75, 3.05) is 6.54 Å². The van der Waals surface area contributed by atoms with Gasteiger partial charge < -0.3 is 20.1 Å². The summed E-state index contributed by atoms with van der Waals surface area (Å²) in [5.74, 6) is -2.85. The number of hydrogen-bond acceptors (Lipinski definition) is 4. The van der Waals surface area contributed by atoms with Crippen molar-refractivity contribution in [3.05, 3.63) is 71.3 Å². The van der Waals surface area contributed by atoms with Crippen LogP contribution in [0.5, 0.6) is 0 Å². The average molecular weight is 388 g/mol. The number of carboxylic acids is 1. The molecule has 2 amide bonds. The Kier molecular flexibility index (Phi) is 8.23. The van der Waals surface area contributed by atoms with Crippen molar-refractivity contribution in [1.82, 2.24) is 10.2 Å². The van der Waals surface area contributed by atoms with Gasteiger partial charge in [0.2, 0.25) is 11.8 Å². The first kappa shape index (κ1) is 22.1. The quantitative estimate of drug-likeness (QED) is 0.538. The van der Waals surface area contributed by atoms with Crippen molar-refractivity contribution in [3.8, 4) is 0 Å². The molecule has 3 rings (SSSR count). The molecule has 6 nitrogen and oxygen atoms in total. The number of nitrogens with zero attached hydrogens (tertiary/aromatic N) is 1. The van der Waals surface area contributed by atoms with E-state index in [4.69, 9.17) is 0 Å². The summed E-state index contributed by atoms with van der Waals surface area (Å²) in [7, 11) is 0. The maximum Gasteiger partial charge on any atom is 1.00 e. The van der Waals surface area contributed by atoms with Crippen LogP contribution in [0.3, 0.4) is 0 Å². The van der Waals surface area contributed by atoms with Crippen LogP contribution in [-0.2, 0) is 33.9 Å². The normalized spacial score (nSPS) is 13.2. The fourth-order valence-corrected chi connectivity index (χ4v) is 3.23. The fourth-order valence-electron chi connectivity index (χ4n) is 3.23. The Morgan fingerprint density at radius 3 is 2.11 bits per heavy atom. The molecule has 1 N–H and O–H groups in total. The number of amides is 2. The minimum atomic E-state index is -1.27. The second kappa shape index (κ2) is 10.4. The molecule has 2 aromatic rings. The Balaban J connectivity index is 0.00000280. The van der Waals surface area contributed by atoms with E-state index >= 15 is 0 Å². The number of carboxylic acid groups (broad SMARTS) is 1. The van der Waals surface area contributed by atoms with Crippen LogP contribution in [0.15, 0.2) is 54.6 Å². The zero-order valence-electron chi connectivity index (χ0n) is 15.9. The molecule has 1 heterocycles. The van der Waals surface area contributed by atoms with Crippen LogP contribution >= 0.6 is 0 Å². The maximum absolute atomic E-state index is 12.3. The Hall–Kier alpha value is -2.15. The molecule has 140 valence electrons. The molecule has 2 aromatic carbocycles. The van der Waals surface area contributed by atoms with Gasteiger partial charge >= 0.3 is 29.6 Å². The van der Waals surface area contributed by atoms with Gasteiger partial charge in [-0.3, -0.25) is 9.59 Å². The number of fused-ring (bicyclic) bond motifs is 1. The van der Waals surface area contributed by atoms with Crippen molar-refractivity contribution < 1.29 is 49.0 Å². The number of nitrogens with one attached hydrogen (secondary N) is 1. The number of aliphatic carboxylic acids is 1. The van der Waals surface area contributed by atoms with Crippen LogP contribution in [0.25, 0.3) is 0 Å². The third kappa shape index (κ3) is 5.92. The molecule has 1 atom stereocenters. The van der Waals surface area contributed by atoms with Crippen molar-refractivity contribution in [3.63, 3.8) is 0 Å². The number of rotatable bonds is 7. The van der Waals surface area contributed by atoms with Crippen molar-refractivity contribution in [1.29, 1.82) is 0 Å². The second-order valence-corrected chi connectivity index (χ2v) is 6.71. The van der Waals surface area contributed by atoms with E-state index in [2.05, 4.69) is 5.32 Å². The predicted molar refractivity (Wildman–Crippen MR) is 97.0 cm³/mol. The SMILES string of the molecule is O=C(CC(Cc1ccccc1)C(=O)[O-])NCC(=O)N1Cc2ccccc2C1.[Na+]. The molecule has 7 heteroatoms. The molecular weight excluding hydrogens is 367 g/mol. The number of carbonyl (C=O) groups is 3. The Bertz CT molecular complexity index is 816. The van der Waals surface area contributed by atoms with E-state index < -0.39 is 17.8 Å². The summed E-state index contributed by atoms with van der Waals surface area (Å²) in [6.07, 6.45) is -0.00327. The number of carbonyl (C=O) groups excluding carboxylic acids is 3. The fraction of sp³-hybridized carbons (Fsp3) is 0.286. The Morgan fingerprint density at radius 1 is 0.964 bits per heavy atom. The van der Waals surface area contributed by atoms with Gasteiger partial charge in [0.05, 0.1) is 6.54 Å². The topological polar surface area (TPSA) is 89.5 Å². The third-order valence-electron chi connectivity index (χ3n) is 4.72. The summed E-state index contributed by atoms with van der Waals surface area (Å²) in [4.78, 5) is 37.4. The standard InChI is InChI=1S/C21H22N2O4.Na/c24-19(11-18(21(26)27)10-15-6-2-1-3-7-15)22-12-20(25)23-13-16-8-4-5-9-17(16)14-23;/h1-9,18H,10-14H2,(H,22,24)(H,26,27);/q;+1/p-1. The second-order valence-electron chi connectivity index (χ2n) is 6.71. The summed E-state index contributed by atoms with van der Waals surface area (Å²) in [6.45, 7) is 0.916. The van der Waals surface area contributed by atoms with E-state index in [0.29, 0.717) is 13.1 Å². The largest absolute Gasteiger partial charge is 1.00 e. The van der Waals surface area contributed by atoms with Gasteiger partial charge in [-0.05, 0) is 23.1 Å². The van der Waals surface area contributed by atoms with Gasteiger partial charge in [0, 0.05) is 31.4 Å². The molecule has 1 aliphatic heterocycles. The van der Waals surface area contributed by atoms with Gasteiger partial charge in [-0.1, -0.05) is 54.6 Å². The molecule has 0 fully saturated rings. The summed E-state index contributed by atoms with van der Waals surface area (Å²) in [6, 6.07) is 16.9. The summed E-state index contributed by atoms with van der Waals surface area (Å²) < 4.78 is 0. The molecule has 0 saturated heterocycles. The zero-order chi connectivity index (χ0) is 19.2. The summed E-state index contributed by atoms with van der Waals surface area (Å²) >= 11 is 0. The van der Waals surface area contributed by atoms with Crippen LogP contribution in [0.4, 0.5) is 0 Å². The summed E-state index contributed by atoms with van der Waals surface area (Å²) in [5, 5.41) is 13.9.